The van der Waals surface area contributed by atoms with Crippen LogP contribution in [0.25, 0.3) is 38.8 Å². The third kappa shape index (κ3) is 2.42. The smallest absolute Gasteiger partial charge is 0.138 e. The van der Waals surface area contributed by atoms with E-state index in [0.717, 1.165) is 15.1 Å². The van der Waals surface area contributed by atoms with Gasteiger partial charge in [-0.15, -0.1) is 0 Å². The fraction of sp³-hybridized carbons (Fsp3) is 0. The van der Waals surface area contributed by atoms with Crippen LogP contribution in [0.3, 0.4) is 0 Å². The maximum absolute atomic E-state index is 4.94. The molecule has 0 saturated carbocycles. The van der Waals surface area contributed by atoms with Crippen molar-refractivity contribution in [1.82, 2.24) is 9.55 Å². The minimum Gasteiger partial charge on any atom is -0.294 e. The molecular weight excluding hydrogens is 431 g/mol. The van der Waals surface area contributed by atoms with Crippen molar-refractivity contribution in [3.8, 4) is 16.9 Å². The van der Waals surface area contributed by atoms with Crippen LogP contribution in [0.4, 0.5) is 0 Å². The Morgan fingerprint density at radius 1 is 0.615 bits per heavy atom. The van der Waals surface area contributed by atoms with Gasteiger partial charge in [0.15, 0.2) is 0 Å². The summed E-state index contributed by atoms with van der Waals surface area (Å²) in [5, 5.41) is 2.51. The molecule has 0 spiro atoms. The number of hydrogen-bond acceptors (Lipinski definition) is 1. The summed E-state index contributed by atoms with van der Waals surface area (Å²) in [6.45, 7) is 0. The second-order valence-corrected chi connectivity index (χ2v) is 7.27. The first-order valence-corrected chi connectivity index (χ1v) is 9.61. The Kier molecular flexibility index (Phi) is 3.75. The zero-order valence-electron chi connectivity index (χ0n) is 13.9. The fourth-order valence-corrected chi connectivity index (χ4v) is 4.29. The first kappa shape index (κ1) is 15.6. The third-order valence-corrected chi connectivity index (χ3v) is 5.55. The molecule has 3 aromatic carbocycles. The lowest BCUT2D eigenvalue weighted by atomic mass is 10.1. The van der Waals surface area contributed by atoms with E-state index in [9.17, 15) is 0 Å². The van der Waals surface area contributed by atoms with Gasteiger partial charge >= 0.3 is 0 Å². The second kappa shape index (κ2) is 6.25. The number of benzene rings is 3. The maximum Gasteiger partial charge on any atom is 0.138 e. The predicted molar refractivity (Wildman–Crippen MR) is 117 cm³/mol. The van der Waals surface area contributed by atoms with E-state index in [2.05, 4.69) is 112 Å². The van der Waals surface area contributed by atoms with E-state index in [1.165, 1.54) is 27.4 Å². The number of fused-ring (bicyclic) bond motifs is 3. The average Bonchev–Trinajstić information content (AvgIpc) is 3.03. The van der Waals surface area contributed by atoms with Crippen molar-refractivity contribution in [2.24, 2.45) is 0 Å². The Morgan fingerprint density at radius 2 is 1.19 bits per heavy atom. The van der Waals surface area contributed by atoms with Gasteiger partial charge in [0.2, 0.25) is 0 Å². The van der Waals surface area contributed by atoms with Crippen LogP contribution >= 0.6 is 22.6 Å². The quantitative estimate of drug-likeness (QED) is 0.225. The first-order chi connectivity index (χ1) is 12.8. The zero-order chi connectivity index (χ0) is 17.5. The molecule has 3 heteroatoms. The largest absolute Gasteiger partial charge is 0.294 e. The van der Waals surface area contributed by atoms with Crippen molar-refractivity contribution in [3.63, 3.8) is 0 Å². The highest BCUT2D eigenvalue weighted by Gasteiger charge is 2.13. The van der Waals surface area contributed by atoms with Crippen LogP contribution in [0.1, 0.15) is 0 Å². The summed E-state index contributed by atoms with van der Waals surface area (Å²) in [6.07, 6.45) is 0. The van der Waals surface area contributed by atoms with E-state index in [4.69, 9.17) is 4.98 Å². The molecule has 5 aromatic rings. The van der Waals surface area contributed by atoms with Crippen molar-refractivity contribution >= 4 is 44.4 Å². The van der Waals surface area contributed by atoms with Crippen LogP contribution in [0.2, 0.25) is 0 Å². The van der Waals surface area contributed by atoms with Crippen LogP contribution < -0.4 is 0 Å². The molecular formula is C23H15IN2. The Hall–Kier alpha value is -2.66. The number of hydrogen-bond donors (Lipinski definition) is 0. The second-order valence-electron chi connectivity index (χ2n) is 6.24. The van der Waals surface area contributed by atoms with Crippen molar-refractivity contribution in [1.29, 1.82) is 0 Å². The summed E-state index contributed by atoms with van der Waals surface area (Å²) in [4.78, 5) is 4.94. The van der Waals surface area contributed by atoms with Crippen molar-refractivity contribution < 1.29 is 0 Å². The topological polar surface area (TPSA) is 17.8 Å². The Bertz CT molecular complexity index is 1190. The van der Waals surface area contributed by atoms with Gasteiger partial charge in [-0.3, -0.25) is 4.57 Å². The van der Waals surface area contributed by atoms with Crippen LogP contribution in [-0.4, -0.2) is 9.55 Å². The highest BCUT2D eigenvalue weighted by Crippen LogP contribution is 2.32. The minimum absolute atomic E-state index is 0.950. The maximum atomic E-state index is 4.94. The molecule has 0 aliphatic rings. The van der Waals surface area contributed by atoms with Gasteiger partial charge in [0.1, 0.15) is 9.52 Å². The fourth-order valence-electron chi connectivity index (χ4n) is 3.55. The lowest BCUT2D eigenvalue weighted by Crippen LogP contribution is -1.99. The molecule has 0 unspecified atom stereocenters. The number of nitrogens with zero attached hydrogens (tertiary/aromatic N) is 2. The van der Waals surface area contributed by atoms with Crippen molar-refractivity contribution in [2.75, 3.05) is 0 Å². The van der Waals surface area contributed by atoms with Gasteiger partial charge in [-0.1, -0.05) is 66.7 Å². The van der Waals surface area contributed by atoms with E-state index in [0.29, 0.717) is 0 Å². The molecule has 0 aliphatic heterocycles. The summed E-state index contributed by atoms with van der Waals surface area (Å²) in [5.41, 5.74) is 4.72. The number of aromatic nitrogens is 2. The molecule has 0 radical (unpaired) electrons. The SMILES string of the molecule is Ic1nc(-n2c3ccccc3c3ccccc32)ccc1-c1ccccc1. The highest BCUT2D eigenvalue weighted by atomic mass is 127. The molecule has 124 valence electrons. The minimum atomic E-state index is 0.950. The van der Waals surface area contributed by atoms with Gasteiger partial charge in [-0.25, -0.2) is 4.98 Å². The summed E-state index contributed by atoms with van der Waals surface area (Å²) < 4.78 is 3.26. The normalized spacial score (nSPS) is 11.3. The van der Waals surface area contributed by atoms with E-state index in [-0.39, 0.29) is 0 Å². The first-order valence-electron chi connectivity index (χ1n) is 8.53. The van der Waals surface area contributed by atoms with Crippen LogP contribution in [0.15, 0.2) is 91.0 Å². The summed E-state index contributed by atoms with van der Waals surface area (Å²) >= 11 is 2.34. The Balaban J connectivity index is 1.77. The van der Waals surface area contributed by atoms with Crippen LogP contribution in [0.5, 0.6) is 0 Å². The molecule has 2 nitrogen and oxygen atoms in total. The van der Waals surface area contributed by atoms with E-state index in [1.54, 1.807) is 0 Å². The molecule has 0 N–H and O–H groups in total. The van der Waals surface area contributed by atoms with E-state index in [1.807, 2.05) is 6.07 Å². The van der Waals surface area contributed by atoms with Crippen LogP contribution in [0, 0.1) is 3.70 Å². The third-order valence-electron chi connectivity index (χ3n) is 4.73. The van der Waals surface area contributed by atoms with Gasteiger partial charge in [-0.2, -0.15) is 0 Å². The molecule has 0 bridgehead atoms. The Morgan fingerprint density at radius 3 is 1.81 bits per heavy atom. The monoisotopic (exact) mass is 446 g/mol. The van der Waals surface area contributed by atoms with Gasteiger partial charge < -0.3 is 0 Å². The summed E-state index contributed by atoms with van der Waals surface area (Å²) in [7, 11) is 0. The van der Waals surface area contributed by atoms with Gasteiger partial charge in [0.25, 0.3) is 0 Å². The average molecular weight is 446 g/mol. The number of rotatable bonds is 2. The molecule has 2 heterocycles. The molecule has 0 fully saturated rings. The van der Waals surface area contributed by atoms with Crippen molar-refractivity contribution in [2.45, 2.75) is 0 Å². The molecule has 2 aromatic heterocycles. The Labute approximate surface area is 165 Å². The lowest BCUT2D eigenvalue weighted by molar-refractivity contribution is 1.07. The lowest BCUT2D eigenvalue weighted by Gasteiger charge is -2.10. The van der Waals surface area contributed by atoms with Gasteiger partial charge in [0.05, 0.1) is 11.0 Å². The van der Waals surface area contributed by atoms with Gasteiger partial charge in [-0.05, 0) is 52.4 Å². The van der Waals surface area contributed by atoms with Gasteiger partial charge in [0, 0.05) is 16.3 Å². The van der Waals surface area contributed by atoms with E-state index < -0.39 is 0 Å². The molecule has 26 heavy (non-hydrogen) atoms. The highest BCUT2D eigenvalue weighted by molar-refractivity contribution is 14.1. The summed E-state index contributed by atoms with van der Waals surface area (Å²) in [6, 6.07) is 31.7. The molecule has 0 saturated heterocycles. The summed E-state index contributed by atoms with van der Waals surface area (Å²) in [5.74, 6) is 0.950. The molecule has 0 aliphatic carbocycles. The van der Waals surface area contributed by atoms with Crippen LogP contribution in [-0.2, 0) is 0 Å². The number of para-hydroxylation sites is 2. The van der Waals surface area contributed by atoms with Crippen molar-refractivity contribution in [3.05, 3.63) is 94.7 Å². The molecule has 5 rings (SSSR count). The number of halogens is 1. The number of pyridine rings is 1. The molecule has 0 atom stereocenters. The van der Waals surface area contributed by atoms with E-state index >= 15 is 0 Å². The zero-order valence-corrected chi connectivity index (χ0v) is 16.1. The molecule has 0 amide bonds. The predicted octanol–water partition coefficient (Wildman–Crippen LogP) is 6.45. The standard InChI is InChI=1S/C23H15IN2/c24-23-17(16-8-2-1-3-9-16)14-15-22(25-23)26-20-12-6-4-10-18(20)19-11-5-7-13-21(19)26/h1-15H.